The van der Waals surface area contributed by atoms with E-state index >= 15 is 0 Å². The summed E-state index contributed by atoms with van der Waals surface area (Å²) in [5.74, 6) is 0. The van der Waals surface area contributed by atoms with Crippen molar-refractivity contribution >= 4 is 0 Å². The molecule has 0 aromatic carbocycles. The van der Waals surface area contributed by atoms with Crippen molar-refractivity contribution < 1.29 is 4.65 Å². The second kappa shape index (κ2) is 3.02. The first-order valence-electron chi connectivity index (χ1n) is 2.66. The number of nitrogens with zero attached hydrogens (tertiary/aromatic N) is 2. The molecule has 1 radical (unpaired) electrons. The fraction of sp³-hybridized carbons (Fsp3) is 1.00. The van der Waals surface area contributed by atoms with E-state index < -0.39 is 0 Å². The highest BCUT2D eigenvalue weighted by Crippen LogP contribution is 1.87. The molecule has 3 heteroatoms. The van der Waals surface area contributed by atoms with Crippen molar-refractivity contribution in [1.82, 2.24) is 5.32 Å². The summed E-state index contributed by atoms with van der Waals surface area (Å²) < 4.78 is -0.239. The summed E-state index contributed by atoms with van der Waals surface area (Å²) in [4.78, 5) is 0. The van der Waals surface area contributed by atoms with E-state index in [4.69, 9.17) is 0 Å². The first-order chi connectivity index (χ1) is 3.56. The lowest BCUT2D eigenvalue weighted by Gasteiger charge is -2.33. The highest BCUT2D eigenvalue weighted by molar-refractivity contribution is 4.35. The smallest absolute Gasteiger partial charge is 0.0923 e. The largest absolute Gasteiger partial charge is 0.633 e. The van der Waals surface area contributed by atoms with E-state index in [0.717, 1.165) is 0 Å². The summed E-state index contributed by atoms with van der Waals surface area (Å²) in [5, 5.41) is 14.5. The third-order valence-electron chi connectivity index (χ3n) is 0.862. The van der Waals surface area contributed by atoms with Crippen molar-refractivity contribution in [3.8, 4) is 0 Å². The molecule has 3 nitrogen and oxygen atoms in total. The Kier molecular flexibility index (Phi) is 2.97. The molecule has 0 heterocycles. The summed E-state index contributed by atoms with van der Waals surface area (Å²) in [5.41, 5.74) is 0. The molecule has 0 amide bonds. The minimum atomic E-state index is -0.239. The highest BCUT2D eigenvalue weighted by atomic mass is 16.5. The molecule has 0 unspecified atom stereocenters. The van der Waals surface area contributed by atoms with Gasteiger partial charge in [0, 0.05) is 7.05 Å². The third-order valence-corrected chi connectivity index (χ3v) is 0.862. The molecule has 0 rings (SSSR count). The molecule has 0 saturated heterocycles. The van der Waals surface area contributed by atoms with Gasteiger partial charge in [0.25, 0.3) is 0 Å². The van der Waals surface area contributed by atoms with Gasteiger partial charge < -0.3 is 9.85 Å². The Morgan fingerprint density at radius 1 is 1.50 bits per heavy atom. The van der Waals surface area contributed by atoms with Crippen molar-refractivity contribution in [2.24, 2.45) is 0 Å². The van der Waals surface area contributed by atoms with Crippen molar-refractivity contribution in [1.29, 1.82) is 0 Å². The van der Waals surface area contributed by atoms with Crippen LogP contribution in [0.3, 0.4) is 0 Å². The zero-order valence-electron chi connectivity index (χ0n) is 5.72. The van der Waals surface area contributed by atoms with E-state index in [0.29, 0.717) is 13.1 Å². The van der Waals surface area contributed by atoms with Crippen LogP contribution in [0.15, 0.2) is 0 Å². The van der Waals surface area contributed by atoms with Crippen LogP contribution in [-0.2, 0) is 0 Å². The van der Waals surface area contributed by atoms with Crippen LogP contribution in [0.5, 0.6) is 0 Å². The average molecular weight is 117 g/mol. The molecule has 0 aliphatic heterocycles. The van der Waals surface area contributed by atoms with Gasteiger partial charge in [0.1, 0.15) is 0 Å². The molecule has 0 aromatic rings. The number of quaternary nitrogens is 1. The van der Waals surface area contributed by atoms with Crippen LogP contribution in [0.1, 0.15) is 0 Å². The molecule has 49 valence electrons. The fourth-order valence-electron chi connectivity index (χ4n) is 0.341. The number of hydrogen-bond acceptors (Lipinski definition) is 1. The van der Waals surface area contributed by atoms with Gasteiger partial charge in [-0.1, -0.05) is 0 Å². The number of hydrogen-bond donors (Lipinski definition) is 0. The Balaban J connectivity index is 3.11. The normalized spacial score (nSPS) is 12.0. The molecular weight excluding hydrogens is 104 g/mol. The van der Waals surface area contributed by atoms with Gasteiger partial charge >= 0.3 is 0 Å². The summed E-state index contributed by atoms with van der Waals surface area (Å²) in [6, 6.07) is 0. The first kappa shape index (κ1) is 7.88. The Morgan fingerprint density at radius 2 is 2.00 bits per heavy atom. The highest BCUT2D eigenvalue weighted by Gasteiger charge is 1.97. The molecule has 0 fully saturated rings. The molecule has 0 aliphatic rings. The number of hydroxylamine groups is 3. The predicted molar refractivity (Wildman–Crippen MR) is 33.3 cm³/mol. The van der Waals surface area contributed by atoms with Gasteiger partial charge in [-0.15, -0.1) is 0 Å². The summed E-state index contributed by atoms with van der Waals surface area (Å²) in [6.07, 6.45) is 0. The molecule has 0 aliphatic carbocycles. The minimum Gasteiger partial charge on any atom is -0.633 e. The van der Waals surface area contributed by atoms with Gasteiger partial charge in [0.15, 0.2) is 0 Å². The molecule has 0 saturated carbocycles. The monoisotopic (exact) mass is 117 g/mol. The van der Waals surface area contributed by atoms with Crippen LogP contribution in [0, 0.1) is 5.21 Å². The maximum atomic E-state index is 10.7. The predicted octanol–water partition coefficient (Wildman–Crippen LogP) is -0.205. The van der Waals surface area contributed by atoms with Gasteiger partial charge in [0.05, 0.1) is 27.2 Å². The lowest BCUT2D eigenvalue weighted by atomic mass is 10.6. The Labute approximate surface area is 50.5 Å². The van der Waals surface area contributed by atoms with Crippen LogP contribution in [-0.4, -0.2) is 38.9 Å². The Bertz CT molecular complexity index is 57.9. The molecule has 0 aromatic heterocycles. The first-order valence-corrected chi connectivity index (χ1v) is 2.66. The molecular formula is C5H13N2O. The van der Waals surface area contributed by atoms with E-state index in [1.165, 1.54) is 0 Å². The lowest BCUT2D eigenvalue weighted by molar-refractivity contribution is -0.838. The van der Waals surface area contributed by atoms with Crippen molar-refractivity contribution in [3.63, 3.8) is 0 Å². The number of rotatable bonds is 3. The van der Waals surface area contributed by atoms with Crippen molar-refractivity contribution in [3.05, 3.63) is 5.21 Å². The SMILES string of the molecule is C[N]CC[N+](C)(C)[O-]. The van der Waals surface area contributed by atoms with E-state index in [-0.39, 0.29) is 4.65 Å². The van der Waals surface area contributed by atoms with Gasteiger partial charge in [-0.2, -0.15) is 0 Å². The van der Waals surface area contributed by atoms with Crippen LogP contribution >= 0.6 is 0 Å². The Morgan fingerprint density at radius 3 is 2.12 bits per heavy atom. The second-order valence-electron chi connectivity index (χ2n) is 2.34. The number of likely N-dealkylation sites (N-methyl/N-ethyl adjacent to an activating group) is 2. The molecule has 0 N–H and O–H groups in total. The Hall–Kier alpha value is -0.120. The average Bonchev–Trinajstić information content (AvgIpc) is 1.59. The van der Waals surface area contributed by atoms with Crippen LogP contribution < -0.4 is 5.32 Å². The maximum Gasteiger partial charge on any atom is 0.0923 e. The van der Waals surface area contributed by atoms with Crippen molar-refractivity contribution in [2.75, 3.05) is 34.2 Å². The van der Waals surface area contributed by atoms with Crippen LogP contribution in [0.4, 0.5) is 0 Å². The quantitative estimate of drug-likeness (QED) is 0.372. The molecule has 0 bridgehead atoms. The van der Waals surface area contributed by atoms with Gasteiger partial charge in [-0.05, 0) is 0 Å². The van der Waals surface area contributed by atoms with E-state index in [1.54, 1.807) is 21.1 Å². The fourth-order valence-corrected chi connectivity index (χ4v) is 0.341. The van der Waals surface area contributed by atoms with Gasteiger partial charge in [-0.3, -0.25) is 0 Å². The maximum absolute atomic E-state index is 10.7. The molecule has 0 spiro atoms. The van der Waals surface area contributed by atoms with E-state index in [1.807, 2.05) is 0 Å². The summed E-state index contributed by atoms with van der Waals surface area (Å²) in [7, 11) is 4.95. The van der Waals surface area contributed by atoms with E-state index in [9.17, 15) is 5.21 Å². The van der Waals surface area contributed by atoms with E-state index in [2.05, 4.69) is 5.32 Å². The zero-order valence-corrected chi connectivity index (χ0v) is 5.72. The second-order valence-corrected chi connectivity index (χ2v) is 2.34. The van der Waals surface area contributed by atoms with Crippen LogP contribution in [0.25, 0.3) is 0 Å². The van der Waals surface area contributed by atoms with Crippen LogP contribution in [0.2, 0.25) is 0 Å². The molecule has 0 atom stereocenters. The van der Waals surface area contributed by atoms with Crippen molar-refractivity contribution in [2.45, 2.75) is 0 Å². The standard InChI is InChI=1S/C5H13N2O/c1-6-4-5-7(2,3)8/h4-5H2,1-3H3. The lowest BCUT2D eigenvalue weighted by Crippen LogP contribution is -2.36. The summed E-state index contributed by atoms with van der Waals surface area (Å²) in [6.45, 7) is 1.24. The third kappa shape index (κ3) is 5.88. The zero-order chi connectivity index (χ0) is 6.62. The minimum absolute atomic E-state index is 0.239. The summed E-state index contributed by atoms with van der Waals surface area (Å²) >= 11 is 0. The topological polar surface area (TPSA) is 37.2 Å². The van der Waals surface area contributed by atoms with Gasteiger partial charge in [0.2, 0.25) is 0 Å². The van der Waals surface area contributed by atoms with Gasteiger partial charge in [-0.25, -0.2) is 5.32 Å². The molecule has 8 heavy (non-hydrogen) atoms.